The van der Waals surface area contributed by atoms with Gasteiger partial charge in [-0.3, -0.25) is 4.90 Å². The zero-order valence-electron chi connectivity index (χ0n) is 10.9. The molecule has 0 unspecified atom stereocenters. The van der Waals surface area contributed by atoms with Crippen LogP contribution in [-0.4, -0.2) is 37.1 Å². The molecular formula is C15H24N2. The van der Waals surface area contributed by atoms with Gasteiger partial charge in [-0.15, -0.1) is 0 Å². The van der Waals surface area contributed by atoms with Gasteiger partial charge in [-0.05, 0) is 44.5 Å². The Kier molecular flexibility index (Phi) is 5.02. The standard InChI is InChI=1S/C15H24N2/c1-2-17-12-6-9-15(17)13-16-11-10-14-7-4-3-5-8-14/h3-5,7-8,15-16H,2,6,9-13H2,1H3/t15-/m1/s1. The molecule has 0 saturated carbocycles. The molecule has 0 spiro atoms. The lowest BCUT2D eigenvalue weighted by atomic mass is 10.1. The second-order valence-electron chi connectivity index (χ2n) is 4.86. The molecule has 1 fully saturated rings. The molecule has 0 bridgehead atoms. The molecule has 1 aromatic carbocycles. The average Bonchev–Trinajstić information content (AvgIpc) is 2.83. The van der Waals surface area contributed by atoms with E-state index >= 15 is 0 Å². The van der Waals surface area contributed by atoms with Crippen LogP contribution < -0.4 is 5.32 Å². The van der Waals surface area contributed by atoms with E-state index in [4.69, 9.17) is 0 Å². The van der Waals surface area contributed by atoms with Crippen molar-refractivity contribution in [3.8, 4) is 0 Å². The van der Waals surface area contributed by atoms with Crippen LogP contribution in [0.4, 0.5) is 0 Å². The molecule has 1 aliphatic rings. The zero-order valence-corrected chi connectivity index (χ0v) is 10.9. The molecule has 2 nitrogen and oxygen atoms in total. The van der Waals surface area contributed by atoms with Crippen LogP contribution >= 0.6 is 0 Å². The number of likely N-dealkylation sites (tertiary alicyclic amines) is 1. The quantitative estimate of drug-likeness (QED) is 0.757. The van der Waals surface area contributed by atoms with Crippen LogP contribution in [0.1, 0.15) is 25.3 Å². The number of rotatable bonds is 6. The first-order chi connectivity index (χ1) is 8.40. The largest absolute Gasteiger partial charge is 0.315 e. The lowest BCUT2D eigenvalue weighted by molar-refractivity contribution is 0.260. The number of nitrogens with one attached hydrogen (secondary N) is 1. The number of likely N-dealkylation sites (N-methyl/N-ethyl adjacent to an activating group) is 1. The Morgan fingerprint density at radius 1 is 1.29 bits per heavy atom. The van der Waals surface area contributed by atoms with Gasteiger partial charge in [-0.2, -0.15) is 0 Å². The summed E-state index contributed by atoms with van der Waals surface area (Å²) in [4.78, 5) is 2.59. The van der Waals surface area contributed by atoms with Crippen molar-refractivity contribution in [2.45, 2.75) is 32.2 Å². The van der Waals surface area contributed by atoms with Gasteiger partial charge >= 0.3 is 0 Å². The predicted molar refractivity (Wildman–Crippen MR) is 73.3 cm³/mol. The molecule has 2 heteroatoms. The number of hydrogen-bond acceptors (Lipinski definition) is 2. The third-order valence-corrected chi connectivity index (χ3v) is 3.72. The second-order valence-corrected chi connectivity index (χ2v) is 4.86. The molecule has 0 radical (unpaired) electrons. The Hall–Kier alpha value is -0.860. The van der Waals surface area contributed by atoms with Crippen molar-refractivity contribution in [3.05, 3.63) is 35.9 Å². The number of nitrogens with zero attached hydrogens (tertiary/aromatic N) is 1. The maximum atomic E-state index is 3.60. The molecule has 1 saturated heterocycles. The molecule has 0 aromatic heterocycles. The molecule has 1 aliphatic heterocycles. The van der Waals surface area contributed by atoms with Crippen molar-refractivity contribution in [1.29, 1.82) is 0 Å². The van der Waals surface area contributed by atoms with Crippen LogP contribution in [0.3, 0.4) is 0 Å². The lowest BCUT2D eigenvalue weighted by Gasteiger charge is -2.22. The van der Waals surface area contributed by atoms with E-state index in [-0.39, 0.29) is 0 Å². The van der Waals surface area contributed by atoms with Crippen LogP contribution in [0.5, 0.6) is 0 Å². The van der Waals surface area contributed by atoms with Gasteiger partial charge < -0.3 is 5.32 Å². The molecule has 94 valence electrons. The third kappa shape index (κ3) is 3.83. The van der Waals surface area contributed by atoms with E-state index in [0.29, 0.717) is 0 Å². The minimum Gasteiger partial charge on any atom is -0.315 e. The van der Waals surface area contributed by atoms with Crippen molar-refractivity contribution >= 4 is 0 Å². The lowest BCUT2D eigenvalue weighted by Crippen LogP contribution is -2.38. The Bertz CT molecular complexity index is 310. The summed E-state index contributed by atoms with van der Waals surface area (Å²) in [5.74, 6) is 0. The van der Waals surface area contributed by atoms with Gasteiger partial charge in [-0.1, -0.05) is 37.3 Å². The van der Waals surface area contributed by atoms with E-state index < -0.39 is 0 Å². The van der Waals surface area contributed by atoms with Crippen molar-refractivity contribution < 1.29 is 0 Å². The minimum absolute atomic E-state index is 0.774. The summed E-state index contributed by atoms with van der Waals surface area (Å²) < 4.78 is 0. The van der Waals surface area contributed by atoms with Crippen LogP contribution in [0, 0.1) is 0 Å². The van der Waals surface area contributed by atoms with Crippen molar-refractivity contribution in [3.63, 3.8) is 0 Å². The summed E-state index contributed by atoms with van der Waals surface area (Å²) in [5.41, 5.74) is 1.43. The van der Waals surface area contributed by atoms with E-state index in [2.05, 4.69) is 47.5 Å². The maximum Gasteiger partial charge on any atom is 0.0220 e. The Morgan fingerprint density at radius 2 is 2.12 bits per heavy atom. The van der Waals surface area contributed by atoms with Crippen molar-refractivity contribution in [1.82, 2.24) is 10.2 Å². The van der Waals surface area contributed by atoms with E-state index in [1.807, 2.05) is 0 Å². The summed E-state index contributed by atoms with van der Waals surface area (Å²) in [6.07, 6.45) is 3.88. The first-order valence-corrected chi connectivity index (χ1v) is 6.89. The van der Waals surface area contributed by atoms with E-state index in [9.17, 15) is 0 Å². The van der Waals surface area contributed by atoms with Crippen LogP contribution in [0.2, 0.25) is 0 Å². The van der Waals surface area contributed by atoms with E-state index in [0.717, 1.165) is 25.6 Å². The highest BCUT2D eigenvalue weighted by atomic mass is 15.2. The summed E-state index contributed by atoms with van der Waals surface area (Å²) >= 11 is 0. The Labute approximate surface area is 105 Å². The van der Waals surface area contributed by atoms with Gasteiger partial charge in [0.25, 0.3) is 0 Å². The average molecular weight is 232 g/mol. The molecule has 2 rings (SSSR count). The van der Waals surface area contributed by atoms with Crippen LogP contribution in [-0.2, 0) is 6.42 Å². The summed E-state index contributed by atoms with van der Waals surface area (Å²) in [7, 11) is 0. The van der Waals surface area contributed by atoms with E-state index in [1.165, 1.54) is 31.5 Å². The van der Waals surface area contributed by atoms with Gasteiger partial charge in [0.1, 0.15) is 0 Å². The zero-order chi connectivity index (χ0) is 11.9. The fourth-order valence-electron chi connectivity index (χ4n) is 2.69. The summed E-state index contributed by atoms with van der Waals surface area (Å²) in [6.45, 7) is 7.01. The minimum atomic E-state index is 0.774. The first-order valence-electron chi connectivity index (χ1n) is 6.89. The van der Waals surface area contributed by atoms with Crippen molar-refractivity contribution in [2.75, 3.05) is 26.2 Å². The molecule has 1 N–H and O–H groups in total. The topological polar surface area (TPSA) is 15.3 Å². The third-order valence-electron chi connectivity index (χ3n) is 3.72. The number of benzene rings is 1. The molecule has 1 aromatic rings. The summed E-state index contributed by atoms with van der Waals surface area (Å²) in [6, 6.07) is 11.5. The van der Waals surface area contributed by atoms with E-state index in [1.54, 1.807) is 0 Å². The smallest absolute Gasteiger partial charge is 0.0220 e. The molecule has 1 heterocycles. The first kappa shape index (κ1) is 12.6. The Balaban J connectivity index is 1.63. The van der Waals surface area contributed by atoms with Gasteiger partial charge in [0.2, 0.25) is 0 Å². The second kappa shape index (κ2) is 6.77. The normalized spacial score (nSPS) is 20.9. The summed E-state index contributed by atoms with van der Waals surface area (Å²) in [5, 5.41) is 3.60. The van der Waals surface area contributed by atoms with Gasteiger partial charge in [-0.25, -0.2) is 0 Å². The van der Waals surface area contributed by atoms with Crippen molar-refractivity contribution in [2.24, 2.45) is 0 Å². The molecule has 0 aliphatic carbocycles. The van der Waals surface area contributed by atoms with Gasteiger partial charge in [0.05, 0.1) is 0 Å². The highest BCUT2D eigenvalue weighted by molar-refractivity contribution is 5.14. The maximum absolute atomic E-state index is 3.60. The molecule has 1 atom stereocenters. The molecular weight excluding hydrogens is 208 g/mol. The van der Waals surface area contributed by atoms with Crippen LogP contribution in [0.25, 0.3) is 0 Å². The molecule has 0 amide bonds. The highest BCUT2D eigenvalue weighted by Crippen LogP contribution is 2.15. The monoisotopic (exact) mass is 232 g/mol. The predicted octanol–water partition coefficient (Wildman–Crippen LogP) is 2.30. The fourth-order valence-corrected chi connectivity index (χ4v) is 2.69. The molecule has 17 heavy (non-hydrogen) atoms. The Morgan fingerprint density at radius 3 is 2.88 bits per heavy atom. The van der Waals surface area contributed by atoms with Gasteiger partial charge in [0.15, 0.2) is 0 Å². The SMILES string of the molecule is CCN1CCC[C@@H]1CNCCc1ccccc1. The van der Waals surface area contributed by atoms with Gasteiger partial charge in [0, 0.05) is 12.6 Å². The highest BCUT2D eigenvalue weighted by Gasteiger charge is 2.21. The number of hydrogen-bond donors (Lipinski definition) is 1. The van der Waals surface area contributed by atoms with Crippen LogP contribution in [0.15, 0.2) is 30.3 Å². The fraction of sp³-hybridized carbons (Fsp3) is 0.600.